The summed E-state index contributed by atoms with van der Waals surface area (Å²) < 4.78 is 15.5. The number of nitrogens with zero attached hydrogens (tertiary/aromatic N) is 1. The van der Waals surface area contributed by atoms with E-state index in [9.17, 15) is 9.59 Å². The number of ether oxygens (including phenoxy) is 3. The van der Waals surface area contributed by atoms with Crippen molar-refractivity contribution in [3.63, 3.8) is 0 Å². The van der Waals surface area contributed by atoms with Gasteiger partial charge in [0.2, 0.25) is 12.7 Å². The average Bonchev–Trinajstić information content (AvgIpc) is 3.09. The van der Waals surface area contributed by atoms with Crippen molar-refractivity contribution in [1.29, 1.82) is 0 Å². The molecule has 1 aromatic rings. The monoisotopic (exact) mass is 380 g/mol. The van der Waals surface area contributed by atoms with Crippen LogP contribution in [0.4, 0.5) is 4.79 Å². The fraction of sp³-hybridized carbons (Fsp3) is 0.444. The second-order valence-corrected chi connectivity index (χ2v) is 6.47. The van der Waals surface area contributed by atoms with Gasteiger partial charge in [0.25, 0.3) is 0 Å². The first-order chi connectivity index (χ1) is 12.6. The normalized spacial score (nSPS) is 18.8. The zero-order chi connectivity index (χ0) is 18.5. The smallest absolute Gasteiger partial charge is 0.407 e. The van der Waals surface area contributed by atoms with E-state index in [1.807, 2.05) is 0 Å². The molecule has 2 heterocycles. The van der Waals surface area contributed by atoms with Crippen molar-refractivity contribution in [3.05, 3.63) is 28.8 Å². The number of fused-ring (bicyclic) bond motifs is 1. The van der Waals surface area contributed by atoms with Crippen LogP contribution < -0.4 is 14.8 Å². The van der Waals surface area contributed by atoms with E-state index in [0.29, 0.717) is 36.2 Å². The van der Waals surface area contributed by atoms with Crippen LogP contribution >= 0.6 is 11.6 Å². The van der Waals surface area contributed by atoms with Gasteiger partial charge < -0.3 is 24.4 Å². The molecule has 0 radical (unpaired) electrons. The van der Waals surface area contributed by atoms with Gasteiger partial charge in [-0.2, -0.15) is 0 Å². The fourth-order valence-corrected chi connectivity index (χ4v) is 3.26. The molecule has 1 aromatic carbocycles. The summed E-state index contributed by atoms with van der Waals surface area (Å²) in [5.41, 5.74) is 0.755. The number of carbonyl (C=O) groups excluding carboxylic acids is 2. The molecule has 0 saturated carbocycles. The summed E-state index contributed by atoms with van der Waals surface area (Å²) in [4.78, 5) is 25.7. The van der Waals surface area contributed by atoms with Crippen LogP contribution in [-0.2, 0) is 9.53 Å². The Morgan fingerprint density at radius 3 is 3.08 bits per heavy atom. The second kappa shape index (κ2) is 8.31. The predicted molar refractivity (Wildman–Crippen MR) is 96.4 cm³/mol. The van der Waals surface area contributed by atoms with Gasteiger partial charge in [-0.1, -0.05) is 11.6 Å². The third-order valence-corrected chi connectivity index (χ3v) is 4.48. The Labute approximate surface area is 156 Å². The summed E-state index contributed by atoms with van der Waals surface area (Å²) in [6, 6.07) is 3.40. The van der Waals surface area contributed by atoms with Crippen molar-refractivity contribution in [3.8, 4) is 11.5 Å². The molecule has 0 unspecified atom stereocenters. The molecular formula is C18H21ClN2O5. The third kappa shape index (κ3) is 4.40. The zero-order valence-electron chi connectivity index (χ0n) is 14.5. The number of amides is 2. The average molecular weight is 381 g/mol. The molecule has 8 heteroatoms. The number of rotatable bonds is 4. The lowest BCUT2D eigenvalue weighted by atomic mass is 10.1. The minimum absolute atomic E-state index is 0.0971. The quantitative estimate of drug-likeness (QED) is 0.813. The highest BCUT2D eigenvalue weighted by Crippen LogP contribution is 2.40. The fourth-order valence-electron chi connectivity index (χ4n) is 2.99. The van der Waals surface area contributed by atoms with E-state index in [1.54, 1.807) is 30.0 Å². The number of likely N-dealkylation sites (tertiary alicyclic amines) is 1. The number of carbonyl (C=O) groups is 2. The number of nitrogens with one attached hydrogen (secondary N) is 1. The molecule has 1 atom stereocenters. The topological polar surface area (TPSA) is 77.1 Å². The van der Waals surface area contributed by atoms with Crippen LogP contribution in [-0.4, -0.2) is 49.4 Å². The number of piperidine rings is 1. The summed E-state index contributed by atoms with van der Waals surface area (Å²) >= 11 is 6.15. The first-order valence-electron chi connectivity index (χ1n) is 8.56. The first-order valence-corrected chi connectivity index (χ1v) is 8.94. The summed E-state index contributed by atoms with van der Waals surface area (Å²) in [6.07, 6.45) is 4.40. The maximum Gasteiger partial charge on any atom is 0.407 e. The molecule has 3 rings (SSSR count). The van der Waals surface area contributed by atoms with Gasteiger partial charge in [0.05, 0.1) is 11.6 Å². The number of hydrogen-bond donors (Lipinski definition) is 1. The van der Waals surface area contributed by atoms with Gasteiger partial charge in [-0.25, -0.2) is 4.79 Å². The Hall–Kier alpha value is -2.41. The Kier molecular flexibility index (Phi) is 5.88. The largest absolute Gasteiger partial charge is 0.454 e. The molecule has 0 aromatic heterocycles. The van der Waals surface area contributed by atoms with E-state index in [0.717, 1.165) is 18.4 Å². The highest BCUT2D eigenvalue weighted by Gasteiger charge is 2.24. The molecule has 2 amide bonds. The van der Waals surface area contributed by atoms with E-state index in [2.05, 4.69) is 5.32 Å². The van der Waals surface area contributed by atoms with Crippen molar-refractivity contribution in [2.75, 3.05) is 26.5 Å². The SMILES string of the molecule is CCOC(=O)N[C@H]1CCCN(C(=O)/C=C\c2cc(Cl)c3c(c2)OCO3)C1. The molecule has 7 nitrogen and oxygen atoms in total. The molecule has 0 aliphatic carbocycles. The van der Waals surface area contributed by atoms with Crippen LogP contribution in [0.1, 0.15) is 25.3 Å². The number of halogens is 1. The van der Waals surface area contributed by atoms with E-state index in [1.165, 1.54) is 6.08 Å². The molecule has 0 bridgehead atoms. The van der Waals surface area contributed by atoms with Gasteiger partial charge in [-0.3, -0.25) is 4.79 Å². The molecule has 0 spiro atoms. The van der Waals surface area contributed by atoms with Crippen molar-refractivity contribution < 1.29 is 23.8 Å². The van der Waals surface area contributed by atoms with Gasteiger partial charge in [0, 0.05) is 25.2 Å². The van der Waals surface area contributed by atoms with Crippen molar-refractivity contribution in [2.45, 2.75) is 25.8 Å². The Bertz CT molecular complexity index is 722. The zero-order valence-corrected chi connectivity index (χ0v) is 15.3. The predicted octanol–water partition coefficient (Wildman–Crippen LogP) is 2.82. The van der Waals surface area contributed by atoms with Crippen LogP contribution in [0, 0.1) is 0 Å². The summed E-state index contributed by atoms with van der Waals surface area (Å²) in [6.45, 7) is 3.34. The highest BCUT2D eigenvalue weighted by molar-refractivity contribution is 6.32. The molecule has 2 aliphatic heterocycles. The minimum Gasteiger partial charge on any atom is -0.454 e. The van der Waals surface area contributed by atoms with Crippen LogP contribution in [0.15, 0.2) is 18.2 Å². The first kappa shape index (κ1) is 18.4. The van der Waals surface area contributed by atoms with E-state index >= 15 is 0 Å². The molecule has 26 heavy (non-hydrogen) atoms. The summed E-state index contributed by atoms with van der Waals surface area (Å²) in [5, 5.41) is 3.24. The molecule has 1 saturated heterocycles. The van der Waals surface area contributed by atoms with Gasteiger partial charge in [0.15, 0.2) is 11.5 Å². The Morgan fingerprint density at radius 1 is 1.42 bits per heavy atom. The third-order valence-electron chi connectivity index (χ3n) is 4.20. The van der Waals surface area contributed by atoms with Crippen molar-refractivity contribution in [1.82, 2.24) is 10.2 Å². The van der Waals surface area contributed by atoms with Gasteiger partial charge in [-0.05, 0) is 43.5 Å². The molecular weight excluding hydrogens is 360 g/mol. The minimum atomic E-state index is -0.447. The molecule has 140 valence electrons. The maximum atomic E-state index is 12.5. The van der Waals surface area contributed by atoms with E-state index < -0.39 is 6.09 Å². The second-order valence-electron chi connectivity index (χ2n) is 6.06. The number of benzene rings is 1. The Morgan fingerprint density at radius 2 is 2.27 bits per heavy atom. The molecule has 2 aliphatic rings. The Balaban J connectivity index is 1.60. The molecule has 1 fully saturated rings. The van der Waals surface area contributed by atoms with Crippen LogP contribution in [0.2, 0.25) is 5.02 Å². The van der Waals surface area contributed by atoms with E-state index in [-0.39, 0.29) is 18.7 Å². The summed E-state index contributed by atoms with van der Waals surface area (Å²) in [7, 11) is 0. The lowest BCUT2D eigenvalue weighted by molar-refractivity contribution is -0.127. The molecule has 1 N–H and O–H groups in total. The standard InChI is InChI=1S/C18H21ClN2O5/c1-2-24-18(23)20-13-4-3-7-21(10-13)16(22)6-5-12-8-14(19)17-15(9-12)25-11-26-17/h5-6,8-9,13H,2-4,7,10-11H2,1H3,(H,20,23)/b6-5-/t13-/m0/s1. The van der Waals surface area contributed by atoms with Gasteiger partial charge in [0.1, 0.15) is 0 Å². The number of hydrogen-bond acceptors (Lipinski definition) is 5. The van der Waals surface area contributed by atoms with Crippen LogP contribution in [0.3, 0.4) is 0 Å². The van der Waals surface area contributed by atoms with Crippen LogP contribution in [0.5, 0.6) is 11.5 Å². The number of alkyl carbamates (subject to hydrolysis) is 1. The van der Waals surface area contributed by atoms with Crippen LogP contribution in [0.25, 0.3) is 6.08 Å². The maximum absolute atomic E-state index is 12.5. The lowest BCUT2D eigenvalue weighted by Crippen LogP contribution is -2.49. The van der Waals surface area contributed by atoms with Gasteiger partial charge >= 0.3 is 6.09 Å². The summed E-state index contributed by atoms with van der Waals surface area (Å²) in [5.74, 6) is 0.981. The highest BCUT2D eigenvalue weighted by atomic mass is 35.5. The van der Waals surface area contributed by atoms with Crippen molar-refractivity contribution >= 4 is 29.7 Å². The van der Waals surface area contributed by atoms with Gasteiger partial charge in [-0.15, -0.1) is 0 Å². The van der Waals surface area contributed by atoms with Crippen molar-refractivity contribution in [2.24, 2.45) is 0 Å². The van der Waals surface area contributed by atoms with E-state index in [4.69, 9.17) is 25.8 Å². The lowest BCUT2D eigenvalue weighted by Gasteiger charge is -2.32.